The van der Waals surface area contributed by atoms with Gasteiger partial charge in [0.2, 0.25) is 0 Å². The van der Waals surface area contributed by atoms with Crippen molar-refractivity contribution in [1.82, 2.24) is 14.8 Å². The van der Waals surface area contributed by atoms with Gasteiger partial charge in [0.1, 0.15) is 29.4 Å². The van der Waals surface area contributed by atoms with Crippen LogP contribution in [0.1, 0.15) is 71.0 Å². The van der Waals surface area contributed by atoms with E-state index >= 15 is 0 Å². The molecule has 11 rings (SSSR count). The third-order valence-corrected chi connectivity index (χ3v) is 16.5. The van der Waals surface area contributed by atoms with Crippen LogP contribution < -0.4 is 14.5 Å². The minimum atomic E-state index is -1.23. The zero-order valence-electron chi connectivity index (χ0n) is 48.9. The number of anilines is 2. The van der Waals surface area contributed by atoms with Crippen molar-refractivity contribution in [1.29, 1.82) is 0 Å². The van der Waals surface area contributed by atoms with Crippen LogP contribution in [-0.2, 0) is 54.7 Å². The summed E-state index contributed by atoms with van der Waals surface area (Å²) < 4.78 is 5.92. The first-order valence-electron chi connectivity index (χ1n) is 27.6. The maximum atomic E-state index is 13.2. The van der Waals surface area contributed by atoms with Crippen molar-refractivity contribution >= 4 is 162 Å². The lowest BCUT2D eigenvalue weighted by Crippen LogP contribution is -2.33. The molecule has 1 aromatic heterocycles. The Morgan fingerprint density at radius 2 is 0.978 bits per heavy atom. The van der Waals surface area contributed by atoms with E-state index in [9.17, 15) is 47.9 Å². The predicted octanol–water partition coefficient (Wildman–Crippen LogP) is 13.6. The van der Waals surface area contributed by atoms with Crippen molar-refractivity contribution in [3.8, 4) is 5.75 Å². The van der Waals surface area contributed by atoms with Crippen molar-refractivity contribution < 1.29 is 73.0 Å². The summed E-state index contributed by atoms with van der Waals surface area (Å²) in [5.41, 5.74) is 3.70. The van der Waals surface area contributed by atoms with Gasteiger partial charge >= 0.3 is 0 Å². The van der Waals surface area contributed by atoms with E-state index in [2.05, 4.69) is 27.9 Å². The average molecular weight is 1400 g/mol. The predicted molar refractivity (Wildman–Crippen MR) is 352 cm³/mol. The first kappa shape index (κ1) is 72.0. The van der Waals surface area contributed by atoms with E-state index in [0.717, 1.165) is 37.8 Å². The Balaban J connectivity index is 0.000000177. The second-order valence-corrected chi connectivity index (χ2v) is 23.1. The first-order chi connectivity index (χ1) is 44.3. The van der Waals surface area contributed by atoms with Crippen molar-refractivity contribution in [2.75, 3.05) is 23.0 Å². The van der Waals surface area contributed by atoms with Crippen molar-refractivity contribution in [3.63, 3.8) is 0 Å². The summed E-state index contributed by atoms with van der Waals surface area (Å²) in [6.07, 6.45) is 10.3. The lowest BCUT2D eigenvalue weighted by Gasteiger charge is -2.17. The van der Waals surface area contributed by atoms with Crippen LogP contribution >= 0.6 is 81.2 Å². The quantitative estimate of drug-likeness (QED) is 0.0126. The Morgan fingerprint density at radius 1 is 0.527 bits per heavy atom. The number of amides is 8. The van der Waals surface area contributed by atoms with Gasteiger partial charge in [-0.3, -0.25) is 68.3 Å². The highest BCUT2D eigenvalue weighted by molar-refractivity contribution is 6.56. The molecule has 0 saturated heterocycles. The first-order valence-corrected chi connectivity index (χ1v) is 30.2. The fraction of sp³-hybridized carbons (Fsp3) is 0.167. The molecule has 27 heteroatoms. The van der Waals surface area contributed by atoms with Crippen molar-refractivity contribution in [2.24, 2.45) is 0 Å². The second-order valence-electron chi connectivity index (χ2n) is 20.4. The summed E-state index contributed by atoms with van der Waals surface area (Å²) in [5, 5.41) is 18.5. The number of carbonyl (C=O) groups excluding carboxylic acids is 10. The normalized spacial score (nSPS) is 15.3. The number of ketones is 2. The second kappa shape index (κ2) is 32.9. The number of halogens is 7. The standard InChI is InChI=1S/C25H19Cl4NO5.C11H9NO2.C10H4Cl3NO2.C10H13NO4.C10H7NO2/c1-11(2)14(35-33)7-4-10-34-15-6-3-5-12-8-9-13(30-23(12)15)16-24(31)17-18(25(16)32)20(27)22(29)21(28)19(17)26;13-10-6-7-11(14)12(10)8-9-4-2-1-3-5-9;11-5-3-6(12)10(7(13)4-5)14-8(15)1-2-9(14)16;1-7(2)8(15-14)5-6-11-9(12)3-4-10(11)13;12-9-6-7-10(13)11(9)8-4-2-1-3-5-8/h3,5-6,8-9,14,16,33H,1,4,7,10H2,2H3;1-7H,8H2;1-4H;3-4,8,14H,1,5-6H2,2H3;1-7H. The van der Waals surface area contributed by atoms with E-state index < -0.39 is 41.5 Å². The molecule has 6 aromatic rings. The summed E-state index contributed by atoms with van der Waals surface area (Å²) in [5.74, 6) is -4.50. The van der Waals surface area contributed by atoms with E-state index in [-0.39, 0.29) is 94.6 Å². The SMILES string of the molecule is C=C(C)C(CCCOc1cccc2ccc(C3C(=O)c4c(Cl)c(Cl)c(Cl)c(Cl)c4C3=O)nc12)OO.C=C(C)C(CCN1C(=O)C=CC1=O)OO.O=C1C=CC(=O)N1Cc1ccccc1.O=C1C=CC(=O)N1c1c(Cl)cc(Cl)cc1Cl.O=C1C=CC(=O)N1c1ccccc1. The molecular weight excluding hydrogens is 1350 g/mol. The monoisotopic (exact) mass is 1400 g/mol. The Hall–Kier alpha value is -8.48. The summed E-state index contributed by atoms with van der Waals surface area (Å²) in [4.78, 5) is 134. The van der Waals surface area contributed by atoms with Crippen LogP contribution in [-0.4, -0.2) is 109 Å². The van der Waals surface area contributed by atoms with Gasteiger partial charge in [0.15, 0.2) is 11.6 Å². The van der Waals surface area contributed by atoms with Crippen LogP contribution in [0.4, 0.5) is 11.4 Å². The van der Waals surface area contributed by atoms with Gasteiger partial charge in [-0.1, -0.05) is 161 Å². The maximum absolute atomic E-state index is 13.2. The van der Waals surface area contributed by atoms with Gasteiger partial charge in [0.25, 0.3) is 47.3 Å². The van der Waals surface area contributed by atoms with E-state index in [1.165, 1.54) is 53.5 Å². The molecule has 0 fully saturated rings. The van der Waals surface area contributed by atoms with Gasteiger partial charge in [-0.2, -0.15) is 0 Å². The molecule has 1 aliphatic carbocycles. The van der Waals surface area contributed by atoms with E-state index in [4.69, 9.17) is 96.5 Å². The van der Waals surface area contributed by atoms with Crippen LogP contribution in [0, 0.1) is 0 Å². The lowest BCUT2D eigenvalue weighted by molar-refractivity contribution is -0.269. The van der Waals surface area contributed by atoms with Crippen molar-refractivity contribution in [3.05, 3.63) is 234 Å². The molecule has 2 unspecified atom stereocenters. The number of benzene rings is 5. The summed E-state index contributed by atoms with van der Waals surface area (Å²) >= 11 is 42.3. The number of carbonyl (C=O) groups is 10. The summed E-state index contributed by atoms with van der Waals surface area (Å²) in [7, 11) is 0. The number of fused-ring (bicyclic) bond motifs is 2. The molecule has 93 heavy (non-hydrogen) atoms. The number of ether oxygens (including phenoxy) is 1. The molecular formula is C66H52Cl7N5O15. The minimum Gasteiger partial charge on any atom is -0.491 e. The van der Waals surface area contributed by atoms with Crippen LogP contribution in [0.25, 0.3) is 10.9 Å². The molecule has 2 atom stereocenters. The van der Waals surface area contributed by atoms with Crippen LogP contribution in [0.15, 0.2) is 176 Å². The molecule has 5 aromatic carbocycles. The molecule has 5 heterocycles. The van der Waals surface area contributed by atoms with Gasteiger partial charge in [-0.15, -0.1) is 0 Å². The highest BCUT2D eigenvalue weighted by Crippen LogP contribution is 2.48. The molecule has 2 N–H and O–H groups in total. The third-order valence-electron chi connectivity index (χ3n) is 13.9. The average Bonchev–Trinajstić information content (AvgIpc) is 1.59. The zero-order valence-corrected chi connectivity index (χ0v) is 54.2. The zero-order chi connectivity index (χ0) is 68.0. The van der Waals surface area contributed by atoms with Gasteiger partial charge in [0.05, 0.1) is 71.5 Å². The van der Waals surface area contributed by atoms with E-state index in [1.807, 2.05) is 48.5 Å². The number of aromatic nitrogens is 1. The Morgan fingerprint density at radius 3 is 1.46 bits per heavy atom. The Labute approximate surface area is 566 Å². The maximum Gasteiger partial charge on any atom is 0.258 e. The fourth-order valence-electron chi connectivity index (χ4n) is 9.26. The van der Waals surface area contributed by atoms with Crippen molar-refractivity contribution in [2.45, 2.75) is 57.8 Å². The molecule has 0 bridgehead atoms. The highest BCUT2D eigenvalue weighted by atomic mass is 35.5. The molecule has 0 spiro atoms. The number of rotatable bonds is 17. The van der Waals surface area contributed by atoms with Gasteiger partial charge in [-0.25, -0.2) is 24.6 Å². The van der Waals surface area contributed by atoms with Gasteiger partial charge in [-0.05, 0) is 86.2 Å². The molecule has 480 valence electrons. The van der Waals surface area contributed by atoms with Gasteiger partial charge in [0, 0.05) is 65.6 Å². The van der Waals surface area contributed by atoms with E-state index in [1.54, 1.807) is 56.3 Å². The molecule has 4 aliphatic heterocycles. The smallest absolute Gasteiger partial charge is 0.258 e. The molecule has 0 radical (unpaired) electrons. The molecule has 0 saturated carbocycles. The number of para-hydroxylation sites is 2. The number of nitrogens with zero attached hydrogens (tertiary/aromatic N) is 5. The molecule has 5 aliphatic rings. The van der Waals surface area contributed by atoms with Crippen LogP contribution in [0.2, 0.25) is 35.2 Å². The number of Topliss-reactive ketones (excluding diaryl/α,β-unsaturated/α-hetero) is 2. The third kappa shape index (κ3) is 17.4. The topological polar surface area (TPSA) is 265 Å². The minimum absolute atomic E-state index is 0.0503. The van der Waals surface area contributed by atoms with Crippen LogP contribution in [0.5, 0.6) is 5.75 Å². The van der Waals surface area contributed by atoms with E-state index in [0.29, 0.717) is 65.5 Å². The number of hydrogen-bond donors (Lipinski definition) is 2. The molecule has 8 amide bonds. The van der Waals surface area contributed by atoms with Gasteiger partial charge < -0.3 is 4.74 Å². The highest BCUT2D eigenvalue weighted by Gasteiger charge is 2.45. The summed E-state index contributed by atoms with van der Waals surface area (Å²) in [6.45, 7) is 11.8. The van der Waals surface area contributed by atoms with Crippen LogP contribution in [0.3, 0.4) is 0 Å². The molecule has 20 nitrogen and oxygen atoms in total. The number of imide groups is 4. The number of pyridine rings is 1. The number of hydrogen-bond acceptors (Lipinski definition) is 16. The summed E-state index contributed by atoms with van der Waals surface area (Å²) in [6, 6.07) is 29.9. The Kier molecular flexibility index (Phi) is 25.4. The fourth-order valence-corrected chi connectivity index (χ4v) is 11.3. The largest absolute Gasteiger partial charge is 0.491 e. The Bertz CT molecular complexity index is 4000. The lowest BCUT2D eigenvalue weighted by atomic mass is 9.98.